The fraction of sp³-hybridized carbons (Fsp3) is 0. The van der Waals surface area contributed by atoms with Gasteiger partial charge in [-0.25, -0.2) is 4.98 Å². The molecule has 0 atom stereocenters. The second-order valence-electron chi connectivity index (χ2n) is 4.10. The standard InChI is InChI=1S/C14H11N5O/c15-13(16)11-5-7-18-14(19-11)20-10-4-3-9-2-1-6-17-12(9)8-10/h1-8H,(H3,15,16). The van der Waals surface area contributed by atoms with Crippen molar-refractivity contribution in [2.24, 2.45) is 5.73 Å². The Hall–Kier alpha value is -3.02. The molecule has 0 aliphatic rings. The zero-order valence-electron chi connectivity index (χ0n) is 10.4. The third kappa shape index (κ3) is 2.39. The van der Waals surface area contributed by atoms with Gasteiger partial charge in [-0.1, -0.05) is 6.07 Å². The molecule has 0 aliphatic carbocycles. The highest BCUT2D eigenvalue weighted by atomic mass is 16.5. The largest absolute Gasteiger partial charge is 0.424 e. The molecule has 0 fully saturated rings. The van der Waals surface area contributed by atoms with Crippen molar-refractivity contribution < 1.29 is 4.74 Å². The van der Waals surface area contributed by atoms with Crippen molar-refractivity contribution in [2.45, 2.75) is 0 Å². The molecule has 6 heteroatoms. The summed E-state index contributed by atoms with van der Waals surface area (Å²) in [5.41, 5.74) is 6.53. The highest BCUT2D eigenvalue weighted by molar-refractivity contribution is 5.92. The predicted octanol–water partition coefficient (Wildman–Crippen LogP) is 2.10. The molecule has 0 radical (unpaired) electrons. The first-order chi connectivity index (χ1) is 9.72. The van der Waals surface area contributed by atoms with Crippen molar-refractivity contribution in [3.8, 4) is 11.8 Å². The summed E-state index contributed by atoms with van der Waals surface area (Å²) in [6.45, 7) is 0. The quantitative estimate of drug-likeness (QED) is 0.558. The summed E-state index contributed by atoms with van der Waals surface area (Å²) < 4.78 is 5.56. The molecule has 0 amide bonds. The van der Waals surface area contributed by atoms with Crippen LogP contribution in [0.1, 0.15) is 5.69 Å². The minimum Gasteiger partial charge on any atom is -0.424 e. The van der Waals surface area contributed by atoms with Gasteiger partial charge in [0.25, 0.3) is 0 Å². The molecule has 0 spiro atoms. The van der Waals surface area contributed by atoms with Crippen LogP contribution in [-0.4, -0.2) is 20.8 Å². The van der Waals surface area contributed by atoms with Gasteiger partial charge in [0.15, 0.2) is 0 Å². The lowest BCUT2D eigenvalue weighted by atomic mass is 10.2. The highest BCUT2D eigenvalue weighted by Gasteiger charge is 2.05. The second-order valence-corrected chi connectivity index (χ2v) is 4.10. The molecule has 6 nitrogen and oxygen atoms in total. The molecule has 3 rings (SSSR count). The fourth-order valence-corrected chi connectivity index (χ4v) is 1.76. The van der Waals surface area contributed by atoms with Crippen molar-refractivity contribution in [3.05, 3.63) is 54.5 Å². The lowest BCUT2D eigenvalue weighted by molar-refractivity contribution is 0.442. The average Bonchev–Trinajstić information content (AvgIpc) is 2.47. The number of rotatable bonds is 3. The Morgan fingerprint density at radius 3 is 2.85 bits per heavy atom. The molecule has 2 aromatic heterocycles. The van der Waals surface area contributed by atoms with E-state index in [1.165, 1.54) is 6.20 Å². The van der Waals surface area contributed by atoms with E-state index in [9.17, 15) is 0 Å². The molecular weight excluding hydrogens is 254 g/mol. The van der Waals surface area contributed by atoms with Crippen molar-refractivity contribution in [1.29, 1.82) is 5.41 Å². The Balaban J connectivity index is 1.92. The van der Waals surface area contributed by atoms with E-state index in [0.717, 1.165) is 10.9 Å². The van der Waals surface area contributed by atoms with Crippen LogP contribution in [0.25, 0.3) is 10.9 Å². The number of hydrogen-bond donors (Lipinski definition) is 2. The van der Waals surface area contributed by atoms with E-state index in [4.69, 9.17) is 15.9 Å². The first kappa shape index (κ1) is 12.0. The monoisotopic (exact) mass is 265 g/mol. The van der Waals surface area contributed by atoms with Crippen LogP contribution in [0, 0.1) is 5.41 Å². The zero-order valence-corrected chi connectivity index (χ0v) is 10.4. The summed E-state index contributed by atoms with van der Waals surface area (Å²) in [6.07, 6.45) is 3.22. The summed E-state index contributed by atoms with van der Waals surface area (Å²) >= 11 is 0. The second kappa shape index (κ2) is 4.93. The molecule has 2 heterocycles. The number of aromatic nitrogens is 3. The summed E-state index contributed by atoms with van der Waals surface area (Å²) in [4.78, 5) is 12.3. The molecule has 0 bridgehead atoms. The van der Waals surface area contributed by atoms with Crippen LogP contribution in [-0.2, 0) is 0 Å². The number of ether oxygens (including phenoxy) is 1. The van der Waals surface area contributed by atoms with Gasteiger partial charge in [-0.2, -0.15) is 4.98 Å². The molecule has 1 aromatic carbocycles. The molecule has 0 saturated heterocycles. The van der Waals surface area contributed by atoms with Gasteiger partial charge in [-0.3, -0.25) is 10.4 Å². The normalized spacial score (nSPS) is 10.4. The molecule has 0 aliphatic heterocycles. The molecule has 98 valence electrons. The molecule has 0 saturated carbocycles. The fourth-order valence-electron chi connectivity index (χ4n) is 1.76. The van der Waals surface area contributed by atoms with Crippen LogP contribution in [0.2, 0.25) is 0 Å². The molecule has 20 heavy (non-hydrogen) atoms. The van der Waals surface area contributed by atoms with E-state index in [-0.39, 0.29) is 11.8 Å². The van der Waals surface area contributed by atoms with Crippen LogP contribution in [0.4, 0.5) is 0 Å². The highest BCUT2D eigenvalue weighted by Crippen LogP contribution is 2.22. The Kier molecular flexibility index (Phi) is 2.96. The first-order valence-corrected chi connectivity index (χ1v) is 5.92. The van der Waals surface area contributed by atoms with Gasteiger partial charge in [0.2, 0.25) is 0 Å². The van der Waals surface area contributed by atoms with Crippen LogP contribution >= 0.6 is 0 Å². The summed E-state index contributed by atoms with van der Waals surface area (Å²) in [5.74, 6) is 0.453. The Labute approximate surface area is 114 Å². The van der Waals surface area contributed by atoms with Gasteiger partial charge in [0.1, 0.15) is 17.3 Å². The summed E-state index contributed by atoms with van der Waals surface area (Å²) in [7, 11) is 0. The number of fused-ring (bicyclic) bond motifs is 1. The minimum atomic E-state index is -0.127. The minimum absolute atomic E-state index is 0.127. The van der Waals surface area contributed by atoms with Crippen molar-refractivity contribution in [3.63, 3.8) is 0 Å². The lowest BCUT2D eigenvalue weighted by Crippen LogP contribution is -2.13. The van der Waals surface area contributed by atoms with E-state index in [2.05, 4.69) is 15.0 Å². The van der Waals surface area contributed by atoms with Crippen molar-refractivity contribution >= 4 is 16.7 Å². The first-order valence-electron chi connectivity index (χ1n) is 5.92. The van der Waals surface area contributed by atoms with Crippen molar-refractivity contribution in [2.75, 3.05) is 0 Å². The summed E-state index contributed by atoms with van der Waals surface area (Å²) in [5, 5.41) is 8.37. The van der Waals surface area contributed by atoms with Crippen molar-refractivity contribution in [1.82, 2.24) is 15.0 Å². The average molecular weight is 265 g/mol. The molecule has 3 aromatic rings. The van der Waals surface area contributed by atoms with Crippen LogP contribution in [0.3, 0.4) is 0 Å². The number of hydrogen-bond acceptors (Lipinski definition) is 5. The van der Waals surface area contributed by atoms with E-state index < -0.39 is 0 Å². The third-order valence-corrected chi connectivity index (χ3v) is 2.70. The van der Waals surface area contributed by atoms with E-state index in [0.29, 0.717) is 11.4 Å². The number of benzene rings is 1. The van der Waals surface area contributed by atoms with Gasteiger partial charge in [0, 0.05) is 23.8 Å². The van der Waals surface area contributed by atoms with Gasteiger partial charge < -0.3 is 10.5 Å². The zero-order chi connectivity index (χ0) is 13.9. The van der Waals surface area contributed by atoms with E-state index in [1.54, 1.807) is 18.3 Å². The number of nitrogen functional groups attached to an aromatic ring is 1. The number of amidine groups is 1. The van der Waals surface area contributed by atoms with Gasteiger partial charge >= 0.3 is 6.01 Å². The van der Waals surface area contributed by atoms with Crippen LogP contribution in [0.5, 0.6) is 11.8 Å². The SMILES string of the molecule is N=C(N)c1ccnc(Oc2ccc3cccnc3c2)n1. The molecule has 3 N–H and O–H groups in total. The van der Waals surface area contributed by atoms with Crippen LogP contribution < -0.4 is 10.5 Å². The number of nitrogens with zero attached hydrogens (tertiary/aromatic N) is 3. The van der Waals surface area contributed by atoms with Gasteiger partial charge in [0.05, 0.1) is 5.52 Å². The Morgan fingerprint density at radius 1 is 1.10 bits per heavy atom. The topological polar surface area (TPSA) is 97.8 Å². The third-order valence-electron chi connectivity index (χ3n) is 2.70. The maximum absolute atomic E-state index is 7.34. The lowest BCUT2D eigenvalue weighted by Gasteiger charge is -2.05. The van der Waals surface area contributed by atoms with Gasteiger partial charge in [-0.15, -0.1) is 0 Å². The Bertz CT molecular complexity index is 787. The number of nitrogens with two attached hydrogens (primary N) is 1. The maximum Gasteiger partial charge on any atom is 0.322 e. The Morgan fingerprint density at radius 2 is 2.00 bits per heavy atom. The molecular formula is C14H11N5O. The van der Waals surface area contributed by atoms with E-state index in [1.807, 2.05) is 24.3 Å². The number of nitrogens with one attached hydrogen (secondary N) is 1. The predicted molar refractivity (Wildman–Crippen MR) is 74.9 cm³/mol. The smallest absolute Gasteiger partial charge is 0.322 e. The van der Waals surface area contributed by atoms with E-state index >= 15 is 0 Å². The summed E-state index contributed by atoms with van der Waals surface area (Å²) in [6, 6.07) is 11.1. The maximum atomic E-state index is 7.34. The van der Waals surface area contributed by atoms with Gasteiger partial charge in [-0.05, 0) is 24.3 Å². The number of pyridine rings is 1. The molecule has 0 unspecified atom stereocenters. The van der Waals surface area contributed by atoms with Crippen LogP contribution in [0.15, 0.2) is 48.8 Å².